The van der Waals surface area contributed by atoms with E-state index >= 15 is 0 Å². The van der Waals surface area contributed by atoms with E-state index in [1.807, 2.05) is 37.3 Å². The SMILES string of the molecule is Cc1cc2ccccc2c2ccccc12.Cc1ccc(Cc2ccccc2C=N)[nH]1.NNc1cc2ccccc2c2ccccc12. The minimum Gasteiger partial charge on any atom is -0.362 e. The fraction of sp³-hybridized carbons (Fsp3) is 0.0714. The maximum Gasteiger partial charge on any atom is 0.0569 e. The minimum atomic E-state index is 0.861. The van der Waals surface area contributed by atoms with Crippen molar-refractivity contribution < 1.29 is 0 Å². The zero-order valence-electron chi connectivity index (χ0n) is 26.2. The second kappa shape index (κ2) is 13.9. The molecule has 0 aliphatic carbocycles. The van der Waals surface area contributed by atoms with E-state index in [-0.39, 0.29) is 0 Å². The monoisotopic (exact) mass is 598 g/mol. The van der Waals surface area contributed by atoms with Crippen LogP contribution in [0.1, 0.15) is 28.1 Å². The molecule has 0 aliphatic rings. The van der Waals surface area contributed by atoms with Crippen molar-refractivity contribution in [2.24, 2.45) is 5.84 Å². The lowest BCUT2D eigenvalue weighted by Gasteiger charge is -2.09. The number of rotatable bonds is 4. The third-order valence-corrected chi connectivity index (χ3v) is 8.38. The van der Waals surface area contributed by atoms with E-state index in [0.29, 0.717) is 0 Å². The van der Waals surface area contributed by atoms with Crippen LogP contribution in [0, 0.1) is 19.3 Å². The van der Waals surface area contributed by atoms with Gasteiger partial charge in [0.05, 0.1) is 5.69 Å². The minimum absolute atomic E-state index is 0.861. The number of hydrazine groups is 1. The molecule has 0 saturated carbocycles. The first-order valence-electron chi connectivity index (χ1n) is 15.5. The van der Waals surface area contributed by atoms with Crippen LogP contribution in [0.3, 0.4) is 0 Å². The fourth-order valence-corrected chi connectivity index (χ4v) is 6.12. The predicted octanol–water partition coefficient (Wildman–Crippen LogP) is 10.5. The van der Waals surface area contributed by atoms with Crippen molar-refractivity contribution >= 4 is 55.0 Å². The van der Waals surface area contributed by atoms with Crippen molar-refractivity contribution in [1.82, 2.24) is 4.98 Å². The first-order chi connectivity index (χ1) is 22.6. The smallest absolute Gasteiger partial charge is 0.0569 e. The Morgan fingerprint density at radius 1 is 0.587 bits per heavy atom. The van der Waals surface area contributed by atoms with Crippen molar-refractivity contribution in [3.63, 3.8) is 0 Å². The summed E-state index contributed by atoms with van der Waals surface area (Å²) in [5, 5.41) is 17.6. The molecule has 46 heavy (non-hydrogen) atoms. The van der Waals surface area contributed by atoms with Crippen LogP contribution in [0.4, 0.5) is 5.69 Å². The second-order valence-electron chi connectivity index (χ2n) is 11.5. The van der Waals surface area contributed by atoms with Crippen LogP contribution in [0.15, 0.2) is 146 Å². The Balaban J connectivity index is 0.000000121. The van der Waals surface area contributed by atoms with Crippen LogP contribution in [-0.2, 0) is 6.42 Å². The van der Waals surface area contributed by atoms with Gasteiger partial charge < -0.3 is 15.8 Å². The largest absolute Gasteiger partial charge is 0.362 e. The highest BCUT2D eigenvalue weighted by Gasteiger charge is 2.05. The standard InChI is InChI=1S/C15H12.C14H12N2.C13H14N2/c1-11-10-12-6-2-3-8-14(12)15-9-5-4-7-13(11)15;15-16-14-9-10-5-1-2-6-11(10)12-7-3-4-8-13(12)14;1-10-6-7-13(15-10)8-11-4-2-3-5-12(11)9-14/h2-10H,1H3;1-9,16H,15H2;2-7,9,14-15H,8H2,1H3. The van der Waals surface area contributed by atoms with Gasteiger partial charge in [-0.05, 0) is 86.4 Å². The summed E-state index contributed by atoms with van der Waals surface area (Å²) in [4.78, 5) is 3.30. The van der Waals surface area contributed by atoms with Gasteiger partial charge in [-0.1, -0.05) is 127 Å². The van der Waals surface area contributed by atoms with Crippen LogP contribution in [0.2, 0.25) is 0 Å². The van der Waals surface area contributed by atoms with Gasteiger partial charge in [-0.3, -0.25) is 5.84 Å². The first-order valence-corrected chi connectivity index (χ1v) is 15.5. The summed E-state index contributed by atoms with van der Waals surface area (Å²) in [6, 6.07) is 50.3. The van der Waals surface area contributed by atoms with Gasteiger partial charge in [0.2, 0.25) is 0 Å². The molecule has 0 aliphatic heterocycles. The molecule has 0 unspecified atom stereocenters. The molecule has 0 atom stereocenters. The molecule has 0 spiro atoms. The van der Waals surface area contributed by atoms with E-state index in [0.717, 1.165) is 23.1 Å². The van der Waals surface area contributed by atoms with Crippen molar-refractivity contribution in [3.8, 4) is 0 Å². The number of aromatic nitrogens is 1. The number of nitrogen functional groups attached to an aromatic ring is 1. The van der Waals surface area contributed by atoms with Crippen LogP contribution < -0.4 is 11.3 Å². The average Bonchev–Trinajstić information content (AvgIpc) is 3.53. The molecule has 4 heteroatoms. The zero-order chi connectivity index (χ0) is 31.9. The Kier molecular flexibility index (Phi) is 9.19. The van der Waals surface area contributed by atoms with Gasteiger partial charge in [0, 0.05) is 29.4 Å². The summed E-state index contributed by atoms with van der Waals surface area (Å²) in [5.74, 6) is 5.56. The molecule has 7 aromatic carbocycles. The maximum atomic E-state index is 7.32. The molecule has 226 valence electrons. The summed E-state index contributed by atoms with van der Waals surface area (Å²) in [5.41, 5.74) is 9.63. The highest BCUT2D eigenvalue weighted by Crippen LogP contribution is 2.31. The van der Waals surface area contributed by atoms with Crippen LogP contribution in [0.5, 0.6) is 0 Å². The van der Waals surface area contributed by atoms with E-state index in [1.165, 1.54) is 66.4 Å². The van der Waals surface area contributed by atoms with Gasteiger partial charge >= 0.3 is 0 Å². The summed E-state index contributed by atoms with van der Waals surface area (Å²) in [6.07, 6.45) is 2.27. The van der Waals surface area contributed by atoms with Crippen LogP contribution >= 0.6 is 0 Å². The highest BCUT2D eigenvalue weighted by atomic mass is 15.2. The molecular weight excluding hydrogens is 560 g/mol. The molecule has 0 radical (unpaired) electrons. The van der Waals surface area contributed by atoms with Gasteiger partial charge in [-0.15, -0.1) is 0 Å². The van der Waals surface area contributed by atoms with E-state index in [9.17, 15) is 0 Å². The maximum absolute atomic E-state index is 7.32. The Labute approximate surface area is 270 Å². The van der Waals surface area contributed by atoms with E-state index in [4.69, 9.17) is 11.3 Å². The zero-order valence-corrected chi connectivity index (χ0v) is 26.2. The predicted molar refractivity (Wildman–Crippen MR) is 198 cm³/mol. The quantitative estimate of drug-likeness (QED) is 0.0704. The molecule has 5 N–H and O–H groups in total. The van der Waals surface area contributed by atoms with Crippen LogP contribution in [0.25, 0.3) is 43.1 Å². The average molecular weight is 599 g/mol. The summed E-state index contributed by atoms with van der Waals surface area (Å²) >= 11 is 0. The normalized spacial score (nSPS) is 10.7. The molecule has 4 nitrogen and oxygen atoms in total. The van der Waals surface area contributed by atoms with Gasteiger partial charge in [0.25, 0.3) is 0 Å². The molecule has 0 bridgehead atoms. The summed E-state index contributed by atoms with van der Waals surface area (Å²) in [6.45, 7) is 4.22. The number of fused-ring (bicyclic) bond motifs is 6. The van der Waals surface area contributed by atoms with Gasteiger partial charge in [-0.25, -0.2) is 0 Å². The lowest BCUT2D eigenvalue weighted by molar-refractivity contribution is 1.08. The third kappa shape index (κ3) is 6.53. The Morgan fingerprint density at radius 2 is 1.11 bits per heavy atom. The topological polar surface area (TPSA) is 77.7 Å². The number of anilines is 1. The molecular formula is C42H38N4. The Hall–Kier alpha value is -5.71. The van der Waals surface area contributed by atoms with Crippen molar-refractivity contribution in [1.29, 1.82) is 5.41 Å². The lowest BCUT2D eigenvalue weighted by Crippen LogP contribution is -2.07. The summed E-state index contributed by atoms with van der Waals surface area (Å²) in [7, 11) is 0. The van der Waals surface area contributed by atoms with E-state index in [2.05, 4.69) is 133 Å². The number of nitrogens with two attached hydrogens (primary N) is 1. The Morgan fingerprint density at radius 3 is 1.72 bits per heavy atom. The molecule has 0 amide bonds. The molecule has 1 heterocycles. The first kappa shape index (κ1) is 30.3. The number of nitrogens with one attached hydrogen (secondary N) is 3. The number of H-pyrrole nitrogens is 1. The number of aryl methyl sites for hydroxylation is 2. The highest BCUT2D eigenvalue weighted by molar-refractivity contribution is 6.13. The number of hydrogen-bond acceptors (Lipinski definition) is 3. The van der Waals surface area contributed by atoms with Gasteiger partial charge in [-0.2, -0.15) is 0 Å². The number of benzene rings is 7. The van der Waals surface area contributed by atoms with Gasteiger partial charge in [0.1, 0.15) is 0 Å². The molecule has 0 fully saturated rings. The van der Waals surface area contributed by atoms with Crippen molar-refractivity contribution in [2.45, 2.75) is 20.3 Å². The fourth-order valence-electron chi connectivity index (χ4n) is 6.12. The van der Waals surface area contributed by atoms with Crippen molar-refractivity contribution in [3.05, 3.63) is 174 Å². The summed E-state index contributed by atoms with van der Waals surface area (Å²) < 4.78 is 0. The number of hydrogen-bond donors (Lipinski definition) is 4. The molecule has 0 saturated heterocycles. The molecule has 1 aromatic heterocycles. The van der Waals surface area contributed by atoms with Crippen molar-refractivity contribution in [2.75, 3.05) is 5.43 Å². The molecule has 8 aromatic rings. The van der Waals surface area contributed by atoms with E-state index < -0.39 is 0 Å². The van der Waals surface area contributed by atoms with E-state index in [1.54, 1.807) is 0 Å². The lowest BCUT2D eigenvalue weighted by atomic mass is 9.98. The second-order valence-corrected chi connectivity index (χ2v) is 11.5. The molecule has 8 rings (SSSR count). The van der Waals surface area contributed by atoms with Gasteiger partial charge in [0.15, 0.2) is 0 Å². The number of aromatic amines is 1. The Bertz CT molecular complexity index is 2280. The third-order valence-electron chi connectivity index (χ3n) is 8.38. The van der Waals surface area contributed by atoms with Crippen LogP contribution in [-0.4, -0.2) is 11.2 Å².